The van der Waals surface area contributed by atoms with E-state index >= 15 is 0 Å². The maximum absolute atomic E-state index is 13.3. The monoisotopic (exact) mass is 454 g/mol. The molecule has 0 atom stereocenters. The predicted molar refractivity (Wildman–Crippen MR) is 135 cm³/mol. The molecule has 1 aliphatic rings. The Hall–Kier alpha value is -3.73. The van der Waals surface area contributed by atoms with Gasteiger partial charge in [-0.2, -0.15) is 0 Å². The Morgan fingerprint density at radius 2 is 1.71 bits per heavy atom. The van der Waals surface area contributed by atoms with Crippen molar-refractivity contribution in [2.45, 2.75) is 38.8 Å². The van der Waals surface area contributed by atoms with Crippen LogP contribution in [0.4, 0.5) is 0 Å². The quantitative estimate of drug-likeness (QED) is 0.451. The smallest absolute Gasteiger partial charge is 0.253 e. The summed E-state index contributed by atoms with van der Waals surface area (Å²) in [7, 11) is 3.40. The largest absolute Gasteiger partial charge is 0.497 e. The van der Waals surface area contributed by atoms with Crippen LogP contribution in [0.2, 0.25) is 0 Å². The van der Waals surface area contributed by atoms with Crippen molar-refractivity contribution in [3.8, 4) is 5.75 Å². The fraction of sp³-hybridized carbons (Fsp3) is 0.276. The molecule has 0 radical (unpaired) electrons. The highest BCUT2D eigenvalue weighted by Gasteiger charge is 2.28. The minimum absolute atomic E-state index is 0.0643. The van der Waals surface area contributed by atoms with E-state index in [2.05, 4.69) is 19.9 Å². The first kappa shape index (κ1) is 23.4. The number of fused-ring (bicyclic) bond motifs is 1. The third-order valence-corrected chi connectivity index (χ3v) is 6.06. The SMILES string of the molecule is COc1ccc2c(c1)C(CC(=O)c1cccc(C(=O)N(C)Cc3ccccc3)c1)=NC(C)(C)C2. The first-order valence-electron chi connectivity index (χ1n) is 11.4. The number of rotatable bonds is 7. The van der Waals surface area contributed by atoms with E-state index in [-0.39, 0.29) is 23.7 Å². The lowest BCUT2D eigenvalue weighted by molar-refractivity contribution is 0.0785. The molecule has 34 heavy (non-hydrogen) atoms. The maximum Gasteiger partial charge on any atom is 0.253 e. The van der Waals surface area contributed by atoms with E-state index in [9.17, 15) is 9.59 Å². The molecule has 3 aromatic rings. The van der Waals surface area contributed by atoms with Gasteiger partial charge in [-0.05, 0) is 55.7 Å². The lowest BCUT2D eigenvalue weighted by Crippen LogP contribution is -2.30. The molecule has 0 aromatic heterocycles. The van der Waals surface area contributed by atoms with Gasteiger partial charge in [-0.15, -0.1) is 0 Å². The molecule has 3 aromatic carbocycles. The minimum atomic E-state index is -0.283. The fourth-order valence-electron chi connectivity index (χ4n) is 4.40. The molecule has 4 rings (SSSR count). The second-order valence-corrected chi connectivity index (χ2v) is 9.40. The topological polar surface area (TPSA) is 59.0 Å². The van der Waals surface area contributed by atoms with Crippen LogP contribution in [-0.2, 0) is 13.0 Å². The normalized spacial score (nSPS) is 14.1. The number of hydrogen-bond acceptors (Lipinski definition) is 4. The molecule has 0 saturated heterocycles. The Kier molecular flexibility index (Phi) is 6.64. The van der Waals surface area contributed by atoms with Crippen LogP contribution in [0.5, 0.6) is 5.75 Å². The minimum Gasteiger partial charge on any atom is -0.497 e. The number of methoxy groups -OCH3 is 1. The average molecular weight is 455 g/mol. The van der Waals surface area contributed by atoms with Crippen LogP contribution < -0.4 is 4.74 Å². The highest BCUT2D eigenvalue weighted by molar-refractivity contribution is 6.17. The van der Waals surface area contributed by atoms with Crippen LogP contribution in [0.25, 0.3) is 0 Å². The Morgan fingerprint density at radius 3 is 2.44 bits per heavy atom. The number of aliphatic imine (C=N–C) groups is 1. The molecular weight excluding hydrogens is 424 g/mol. The summed E-state index contributed by atoms with van der Waals surface area (Å²) in [4.78, 5) is 32.9. The maximum atomic E-state index is 13.3. The zero-order valence-electron chi connectivity index (χ0n) is 20.2. The van der Waals surface area contributed by atoms with Crippen molar-refractivity contribution >= 4 is 17.4 Å². The molecule has 0 fully saturated rings. The number of benzene rings is 3. The van der Waals surface area contributed by atoms with Gasteiger partial charge in [0.25, 0.3) is 5.91 Å². The highest BCUT2D eigenvalue weighted by Crippen LogP contribution is 2.31. The van der Waals surface area contributed by atoms with Gasteiger partial charge in [0.2, 0.25) is 0 Å². The molecular formula is C29H30N2O3. The molecule has 0 aliphatic carbocycles. The Morgan fingerprint density at radius 1 is 0.971 bits per heavy atom. The lowest BCUT2D eigenvalue weighted by atomic mass is 9.85. The van der Waals surface area contributed by atoms with E-state index in [1.54, 1.807) is 43.3 Å². The molecule has 1 amide bonds. The number of amides is 1. The van der Waals surface area contributed by atoms with Crippen LogP contribution in [-0.4, -0.2) is 42.0 Å². The van der Waals surface area contributed by atoms with Crippen molar-refractivity contribution in [3.63, 3.8) is 0 Å². The summed E-state index contributed by atoms with van der Waals surface area (Å²) < 4.78 is 5.40. The number of nitrogens with zero attached hydrogens (tertiary/aromatic N) is 2. The highest BCUT2D eigenvalue weighted by atomic mass is 16.5. The van der Waals surface area contributed by atoms with Crippen LogP contribution in [0.3, 0.4) is 0 Å². The van der Waals surface area contributed by atoms with Gasteiger partial charge in [0.05, 0.1) is 24.8 Å². The standard InChI is InChI=1S/C29H30N2O3/c1-29(2)18-23-13-14-24(34-4)16-25(23)26(30-29)17-27(32)21-11-8-12-22(15-21)28(33)31(3)19-20-9-6-5-7-10-20/h5-16H,17-19H2,1-4H3. The molecule has 174 valence electrons. The van der Waals surface area contributed by atoms with Crippen molar-refractivity contribution in [1.29, 1.82) is 0 Å². The first-order valence-corrected chi connectivity index (χ1v) is 11.4. The van der Waals surface area contributed by atoms with Gasteiger partial charge in [-0.25, -0.2) is 0 Å². The van der Waals surface area contributed by atoms with Crippen molar-refractivity contribution in [1.82, 2.24) is 4.90 Å². The summed E-state index contributed by atoms with van der Waals surface area (Å²) in [6.07, 6.45) is 0.975. The van der Waals surface area contributed by atoms with Crippen molar-refractivity contribution in [2.24, 2.45) is 4.99 Å². The Bertz CT molecular complexity index is 1250. The van der Waals surface area contributed by atoms with Crippen LogP contribution in [0.1, 0.15) is 57.7 Å². The van der Waals surface area contributed by atoms with Crippen LogP contribution in [0, 0.1) is 0 Å². The van der Waals surface area contributed by atoms with Crippen molar-refractivity contribution in [2.75, 3.05) is 14.2 Å². The number of Topliss-reactive ketones (excluding diaryl/α,β-unsaturated/α-hetero) is 1. The number of carbonyl (C=O) groups excluding carboxylic acids is 2. The fourth-order valence-corrected chi connectivity index (χ4v) is 4.40. The van der Waals surface area contributed by atoms with Gasteiger partial charge < -0.3 is 9.64 Å². The summed E-state index contributed by atoms with van der Waals surface area (Å²) in [5.41, 5.74) is 4.66. The first-order chi connectivity index (χ1) is 16.3. The third-order valence-electron chi connectivity index (χ3n) is 6.06. The molecule has 5 heteroatoms. The van der Waals surface area contributed by atoms with E-state index < -0.39 is 0 Å². The molecule has 1 heterocycles. The van der Waals surface area contributed by atoms with Gasteiger partial charge >= 0.3 is 0 Å². The van der Waals surface area contributed by atoms with Crippen LogP contribution in [0.15, 0.2) is 77.8 Å². The molecule has 5 nitrogen and oxygen atoms in total. The molecule has 0 saturated carbocycles. The molecule has 0 spiro atoms. The van der Waals surface area contributed by atoms with Gasteiger partial charge in [-0.1, -0.05) is 48.5 Å². The van der Waals surface area contributed by atoms with Gasteiger partial charge in [0, 0.05) is 30.3 Å². The Balaban J connectivity index is 1.55. The molecule has 0 N–H and O–H groups in total. The van der Waals surface area contributed by atoms with E-state index in [0.717, 1.165) is 34.6 Å². The Labute approximate surface area is 201 Å². The van der Waals surface area contributed by atoms with E-state index in [1.807, 2.05) is 42.5 Å². The summed E-state index contributed by atoms with van der Waals surface area (Å²) >= 11 is 0. The molecule has 0 bridgehead atoms. The summed E-state index contributed by atoms with van der Waals surface area (Å²) in [6, 6.07) is 22.8. The summed E-state index contributed by atoms with van der Waals surface area (Å²) in [6.45, 7) is 4.65. The van der Waals surface area contributed by atoms with E-state index in [1.165, 1.54) is 0 Å². The van der Waals surface area contributed by atoms with Crippen molar-refractivity contribution in [3.05, 3.63) is 101 Å². The van der Waals surface area contributed by atoms with Crippen LogP contribution >= 0.6 is 0 Å². The number of ketones is 1. The predicted octanol–water partition coefficient (Wildman–Crippen LogP) is 5.36. The van der Waals surface area contributed by atoms with Gasteiger partial charge in [0.15, 0.2) is 5.78 Å². The second-order valence-electron chi connectivity index (χ2n) is 9.40. The second kappa shape index (κ2) is 9.64. The molecule has 0 unspecified atom stereocenters. The third kappa shape index (κ3) is 5.25. The van der Waals surface area contributed by atoms with E-state index in [4.69, 9.17) is 9.73 Å². The number of ether oxygens (including phenoxy) is 1. The summed E-state index contributed by atoms with van der Waals surface area (Å²) in [5, 5.41) is 0. The zero-order chi connectivity index (χ0) is 24.3. The number of carbonyl (C=O) groups is 2. The van der Waals surface area contributed by atoms with E-state index in [0.29, 0.717) is 17.7 Å². The zero-order valence-corrected chi connectivity index (χ0v) is 20.2. The van der Waals surface area contributed by atoms with Gasteiger partial charge in [0.1, 0.15) is 5.75 Å². The van der Waals surface area contributed by atoms with Crippen molar-refractivity contribution < 1.29 is 14.3 Å². The lowest BCUT2D eigenvalue weighted by Gasteiger charge is -2.29. The molecule has 1 aliphatic heterocycles. The van der Waals surface area contributed by atoms with Gasteiger partial charge in [-0.3, -0.25) is 14.6 Å². The summed E-state index contributed by atoms with van der Waals surface area (Å²) in [5.74, 6) is 0.558. The average Bonchev–Trinajstić information content (AvgIpc) is 2.83. The number of hydrogen-bond donors (Lipinski definition) is 0.